The lowest BCUT2D eigenvalue weighted by Crippen LogP contribution is -2.40. The lowest BCUT2D eigenvalue weighted by atomic mass is 10.3. The van der Waals surface area contributed by atoms with Crippen molar-refractivity contribution in [2.75, 3.05) is 7.11 Å². The van der Waals surface area contributed by atoms with Gasteiger partial charge >= 0.3 is 11.9 Å². The van der Waals surface area contributed by atoms with Crippen molar-refractivity contribution >= 4 is 11.9 Å². The summed E-state index contributed by atoms with van der Waals surface area (Å²) in [5.41, 5.74) is 0. The molecule has 0 fully saturated rings. The van der Waals surface area contributed by atoms with Crippen LogP contribution in [0.5, 0.6) is 0 Å². The Hall–Kier alpha value is -1.85. The van der Waals surface area contributed by atoms with E-state index in [4.69, 9.17) is 0 Å². The van der Waals surface area contributed by atoms with Gasteiger partial charge in [-0.15, -0.1) is 0 Å². The third-order valence-corrected chi connectivity index (χ3v) is 1.77. The normalized spacial score (nSPS) is 11.9. The number of nitrogens with zero attached hydrogens (tertiary/aromatic N) is 2. The van der Waals surface area contributed by atoms with E-state index in [0.717, 1.165) is 0 Å². The maximum absolute atomic E-state index is 11.1. The molecule has 6 nitrogen and oxygen atoms in total. The Morgan fingerprint density at radius 3 is 2.87 bits per heavy atom. The number of amides is 1. The molecule has 6 heteroatoms. The van der Waals surface area contributed by atoms with Crippen LogP contribution in [0.2, 0.25) is 0 Å². The monoisotopic (exact) mass is 211 g/mol. The highest BCUT2D eigenvalue weighted by Crippen LogP contribution is 1.90. The fraction of sp³-hybridized carbons (Fsp3) is 0.444. The highest BCUT2D eigenvalue weighted by atomic mass is 16.5. The molecule has 0 aliphatic rings. The van der Waals surface area contributed by atoms with E-state index in [2.05, 4.69) is 15.2 Å². The number of hydrogen-bond donors (Lipinski definition) is 1. The van der Waals surface area contributed by atoms with Gasteiger partial charge in [-0.2, -0.15) is 5.10 Å². The van der Waals surface area contributed by atoms with Crippen molar-refractivity contribution < 1.29 is 14.3 Å². The van der Waals surface area contributed by atoms with Crippen molar-refractivity contribution in [2.45, 2.75) is 19.5 Å². The van der Waals surface area contributed by atoms with E-state index in [9.17, 15) is 9.59 Å². The van der Waals surface area contributed by atoms with E-state index >= 15 is 0 Å². The second-order valence-electron chi connectivity index (χ2n) is 3.09. The van der Waals surface area contributed by atoms with E-state index in [1.165, 1.54) is 7.11 Å². The van der Waals surface area contributed by atoms with Crippen LogP contribution in [0.3, 0.4) is 0 Å². The molecule has 1 N–H and O–H groups in total. The molecule has 1 aromatic rings. The van der Waals surface area contributed by atoms with E-state index in [-0.39, 0.29) is 6.04 Å². The van der Waals surface area contributed by atoms with E-state index < -0.39 is 11.9 Å². The maximum atomic E-state index is 11.1. The molecule has 0 aliphatic carbocycles. The van der Waals surface area contributed by atoms with Crippen LogP contribution in [0, 0.1) is 0 Å². The molecule has 15 heavy (non-hydrogen) atoms. The topological polar surface area (TPSA) is 73.2 Å². The standard InChI is InChI=1S/C9H13N3O3/c1-7(6-12-5-3-4-10-12)11-8(13)9(14)15-2/h3-5,7H,6H2,1-2H3,(H,11,13). The van der Waals surface area contributed by atoms with Crippen LogP contribution in [-0.4, -0.2) is 34.8 Å². The van der Waals surface area contributed by atoms with Crippen LogP contribution in [0.25, 0.3) is 0 Å². The molecule has 0 aromatic carbocycles. The summed E-state index contributed by atoms with van der Waals surface area (Å²) < 4.78 is 5.94. The highest BCUT2D eigenvalue weighted by Gasteiger charge is 2.16. The molecule has 0 spiro atoms. The van der Waals surface area contributed by atoms with E-state index in [0.29, 0.717) is 6.54 Å². The number of carbonyl (C=O) groups is 2. The van der Waals surface area contributed by atoms with Crippen LogP contribution in [0.15, 0.2) is 18.5 Å². The summed E-state index contributed by atoms with van der Waals surface area (Å²) in [4.78, 5) is 21.9. The fourth-order valence-corrected chi connectivity index (χ4v) is 1.11. The van der Waals surface area contributed by atoms with E-state index in [1.807, 2.05) is 0 Å². The molecular formula is C9H13N3O3. The van der Waals surface area contributed by atoms with E-state index in [1.54, 1.807) is 30.1 Å². The Morgan fingerprint density at radius 1 is 1.60 bits per heavy atom. The molecule has 82 valence electrons. The summed E-state index contributed by atoms with van der Waals surface area (Å²) in [7, 11) is 1.17. The van der Waals surface area contributed by atoms with Gasteiger partial charge in [-0.1, -0.05) is 0 Å². The summed E-state index contributed by atoms with van der Waals surface area (Å²) in [5, 5.41) is 6.47. The molecular weight excluding hydrogens is 198 g/mol. The van der Waals surface area contributed by atoms with Crippen LogP contribution in [0.4, 0.5) is 0 Å². The van der Waals surface area contributed by atoms with Gasteiger partial charge in [0.2, 0.25) is 0 Å². The summed E-state index contributed by atoms with van der Waals surface area (Å²) in [6, 6.07) is 1.60. The predicted molar refractivity (Wildman–Crippen MR) is 51.8 cm³/mol. The SMILES string of the molecule is COC(=O)C(=O)NC(C)Cn1cccn1. The Labute approximate surface area is 87.2 Å². The minimum absolute atomic E-state index is 0.184. The number of rotatable bonds is 3. The van der Waals surface area contributed by atoms with Crippen molar-refractivity contribution in [3.8, 4) is 0 Å². The van der Waals surface area contributed by atoms with Crippen molar-refractivity contribution in [3.05, 3.63) is 18.5 Å². The predicted octanol–water partition coefficient (Wildman–Crippen LogP) is -0.439. The molecule has 0 saturated heterocycles. The zero-order valence-electron chi connectivity index (χ0n) is 8.64. The summed E-state index contributed by atoms with van der Waals surface area (Å²) in [6.45, 7) is 2.29. The molecule has 1 heterocycles. The largest absolute Gasteiger partial charge is 0.462 e. The Balaban J connectivity index is 2.39. The first-order valence-electron chi connectivity index (χ1n) is 4.49. The van der Waals surface area contributed by atoms with Gasteiger partial charge in [-0.05, 0) is 13.0 Å². The minimum Gasteiger partial charge on any atom is -0.462 e. The molecule has 0 radical (unpaired) electrons. The number of aromatic nitrogens is 2. The van der Waals surface area contributed by atoms with Crippen molar-refractivity contribution in [1.82, 2.24) is 15.1 Å². The summed E-state index contributed by atoms with van der Waals surface area (Å²) in [5.74, 6) is -1.63. The van der Waals surface area contributed by atoms with Gasteiger partial charge in [0.25, 0.3) is 0 Å². The second kappa shape index (κ2) is 5.14. The van der Waals surface area contributed by atoms with Gasteiger partial charge in [-0.3, -0.25) is 9.48 Å². The molecule has 1 amide bonds. The number of methoxy groups -OCH3 is 1. The molecule has 1 atom stereocenters. The summed E-state index contributed by atoms with van der Waals surface area (Å²) in [6.07, 6.45) is 3.43. The lowest BCUT2D eigenvalue weighted by Gasteiger charge is -2.12. The Morgan fingerprint density at radius 2 is 2.33 bits per heavy atom. The maximum Gasteiger partial charge on any atom is 0.396 e. The third kappa shape index (κ3) is 3.41. The number of hydrogen-bond acceptors (Lipinski definition) is 4. The third-order valence-electron chi connectivity index (χ3n) is 1.77. The molecule has 0 saturated carbocycles. The molecule has 1 rings (SSSR count). The average molecular weight is 211 g/mol. The molecule has 1 aromatic heterocycles. The number of esters is 1. The molecule has 1 unspecified atom stereocenters. The van der Waals surface area contributed by atoms with Crippen LogP contribution in [-0.2, 0) is 20.9 Å². The van der Waals surface area contributed by atoms with Crippen LogP contribution < -0.4 is 5.32 Å². The number of nitrogens with one attached hydrogen (secondary N) is 1. The van der Waals surface area contributed by atoms with Gasteiger partial charge in [-0.25, -0.2) is 4.79 Å². The Bertz CT molecular complexity index is 334. The first kappa shape index (κ1) is 11.2. The highest BCUT2D eigenvalue weighted by molar-refractivity contribution is 6.32. The van der Waals surface area contributed by atoms with Crippen LogP contribution in [0.1, 0.15) is 6.92 Å². The first-order chi connectivity index (χ1) is 7.13. The van der Waals surface area contributed by atoms with Gasteiger partial charge in [0, 0.05) is 18.4 Å². The minimum atomic E-state index is -0.887. The zero-order valence-corrected chi connectivity index (χ0v) is 8.64. The second-order valence-corrected chi connectivity index (χ2v) is 3.09. The average Bonchev–Trinajstić information content (AvgIpc) is 2.68. The Kier molecular flexibility index (Phi) is 3.84. The number of ether oxygens (including phenoxy) is 1. The smallest absolute Gasteiger partial charge is 0.396 e. The van der Waals surface area contributed by atoms with Crippen LogP contribution >= 0.6 is 0 Å². The van der Waals surface area contributed by atoms with Gasteiger partial charge in [0.05, 0.1) is 13.7 Å². The number of carbonyl (C=O) groups excluding carboxylic acids is 2. The van der Waals surface area contributed by atoms with Gasteiger partial charge < -0.3 is 10.1 Å². The zero-order chi connectivity index (χ0) is 11.3. The fourth-order valence-electron chi connectivity index (χ4n) is 1.11. The molecule has 0 bridgehead atoms. The van der Waals surface area contributed by atoms with Crippen molar-refractivity contribution in [1.29, 1.82) is 0 Å². The van der Waals surface area contributed by atoms with Crippen molar-refractivity contribution in [3.63, 3.8) is 0 Å². The van der Waals surface area contributed by atoms with Gasteiger partial charge in [0.1, 0.15) is 0 Å². The first-order valence-corrected chi connectivity index (χ1v) is 4.49. The molecule has 0 aliphatic heterocycles. The lowest BCUT2D eigenvalue weighted by molar-refractivity contribution is -0.153. The summed E-state index contributed by atoms with van der Waals surface area (Å²) >= 11 is 0. The van der Waals surface area contributed by atoms with Gasteiger partial charge in [0.15, 0.2) is 0 Å². The van der Waals surface area contributed by atoms with Crippen molar-refractivity contribution in [2.24, 2.45) is 0 Å². The quantitative estimate of drug-likeness (QED) is 0.543.